The van der Waals surface area contributed by atoms with Gasteiger partial charge in [-0.3, -0.25) is 15.5 Å². The molecule has 1 aromatic rings. The van der Waals surface area contributed by atoms with Crippen molar-refractivity contribution in [3.8, 4) is 0 Å². The molecular formula is C33H56N4O2S. The fourth-order valence-corrected chi connectivity index (χ4v) is 8.73. The Balaban J connectivity index is 1.41. The Bertz CT molecular complexity index is 961. The number of aryl methyl sites for hydroxylation is 2. The second-order valence-corrected chi connectivity index (χ2v) is 16.4. The van der Waals surface area contributed by atoms with E-state index in [0.29, 0.717) is 17.4 Å². The van der Waals surface area contributed by atoms with Gasteiger partial charge in [0.25, 0.3) is 0 Å². The predicted molar refractivity (Wildman–Crippen MR) is 167 cm³/mol. The van der Waals surface area contributed by atoms with E-state index in [-0.39, 0.29) is 29.4 Å². The standard InChI is InChI=1S/C33H56N4O2S/c1-22-10-8-11-23(2)30(22)28-15-29-35-31(34-28)36-40-27-13-9-12-24(14-27)18-37(19-26-17-33(6,7)21-39-26)25(20-38-29)16-32(3,4)5/h8,10-11,24-29,31,34-36H,9,12-21H2,1-7H3/t24?,25-,26?,27?,28?,29?,31?/m1/s1. The summed E-state index contributed by atoms with van der Waals surface area (Å²) in [4.78, 5) is 2.79. The first-order chi connectivity index (χ1) is 18.9. The molecule has 1 aromatic carbocycles. The van der Waals surface area contributed by atoms with Crippen molar-refractivity contribution < 1.29 is 9.47 Å². The van der Waals surface area contributed by atoms with Crippen molar-refractivity contribution in [3.63, 3.8) is 0 Å². The Labute approximate surface area is 248 Å². The summed E-state index contributed by atoms with van der Waals surface area (Å²) in [7, 11) is 0. The number of nitrogens with one attached hydrogen (secondary N) is 3. The highest BCUT2D eigenvalue weighted by atomic mass is 32.2. The number of hydrogen-bond acceptors (Lipinski definition) is 7. The first-order valence-corrected chi connectivity index (χ1v) is 16.8. The van der Waals surface area contributed by atoms with E-state index < -0.39 is 0 Å². The monoisotopic (exact) mass is 572 g/mol. The van der Waals surface area contributed by atoms with Crippen molar-refractivity contribution in [2.24, 2.45) is 16.7 Å². The molecule has 0 radical (unpaired) electrons. The fraction of sp³-hybridized carbons (Fsp3) is 0.818. The van der Waals surface area contributed by atoms with Gasteiger partial charge in [-0.15, -0.1) is 0 Å². The molecule has 3 N–H and O–H groups in total. The van der Waals surface area contributed by atoms with Crippen LogP contribution in [0.5, 0.6) is 0 Å². The molecule has 4 fully saturated rings. The number of rotatable bonds is 4. The third-order valence-electron chi connectivity index (χ3n) is 9.42. The second kappa shape index (κ2) is 12.9. The molecule has 7 atom stereocenters. The van der Waals surface area contributed by atoms with Crippen molar-refractivity contribution >= 4 is 11.9 Å². The summed E-state index contributed by atoms with van der Waals surface area (Å²) < 4.78 is 17.1. The van der Waals surface area contributed by atoms with Gasteiger partial charge in [-0.2, -0.15) is 0 Å². The minimum Gasteiger partial charge on any atom is -0.376 e. The Morgan fingerprint density at radius 3 is 2.52 bits per heavy atom. The molecule has 3 heterocycles. The summed E-state index contributed by atoms with van der Waals surface area (Å²) in [6, 6.07) is 7.29. The molecule has 0 spiro atoms. The van der Waals surface area contributed by atoms with E-state index >= 15 is 0 Å². The first kappa shape index (κ1) is 30.8. The van der Waals surface area contributed by atoms with E-state index in [1.807, 2.05) is 11.9 Å². The summed E-state index contributed by atoms with van der Waals surface area (Å²) in [5, 5.41) is 8.31. The van der Waals surface area contributed by atoms with Crippen LogP contribution in [-0.2, 0) is 9.47 Å². The fourth-order valence-electron chi connectivity index (χ4n) is 7.61. The van der Waals surface area contributed by atoms with Crippen molar-refractivity contribution in [1.82, 2.24) is 20.3 Å². The Kier molecular flexibility index (Phi) is 9.93. The molecule has 1 saturated carbocycles. The number of benzene rings is 1. The van der Waals surface area contributed by atoms with Crippen LogP contribution in [0, 0.1) is 30.6 Å². The minimum absolute atomic E-state index is 0.00512. The average Bonchev–Trinajstić information content (AvgIpc) is 3.22. The molecule has 226 valence electrons. The zero-order valence-corrected chi connectivity index (χ0v) is 27.0. The molecule has 7 heteroatoms. The van der Waals surface area contributed by atoms with E-state index in [0.717, 1.165) is 51.5 Å². The highest BCUT2D eigenvalue weighted by Crippen LogP contribution is 2.37. The van der Waals surface area contributed by atoms with Crippen LogP contribution in [-0.4, -0.2) is 61.1 Å². The second-order valence-electron chi connectivity index (χ2n) is 15.2. The third-order valence-corrected chi connectivity index (χ3v) is 10.6. The third kappa shape index (κ3) is 8.24. The zero-order chi connectivity index (χ0) is 28.5. The molecule has 4 aliphatic rings. The Morgan fingerprint density at radius 2 is 1.82 bits per heavy atom. The van der Waals surface area contributed by atoms with Gasteiger partial charge in [0.05, 0.1) is 19.3 Å². The molecule has 3 aliphatic heterocycles. The smallest absolute Gasteiger partial charge is 0.123 e. The van der Waals surface area contributed by atoms with Gasteiger partial charge in [0.15, 0.2) is 0 Å². The van der Waals surface area contributed by atoms with Gasteiger partial charge >= 0.3 is 0 Å². The highest BCUT2D eigenvalue weighted by molar-refractivity contribution is 7.98. The maximum atomic E-state index is 6.88. The number of nitrogens with zero attached hydrogens (tertiary/aromatic N) is 1. The lowest BCUT2D eigenvalue weighted by Gasteiger charge is -2.41. The maximum absolute atomic E-state index is 6.88. The number of fused-ring (bicyclic) bond motifs is 4. The Morgan fingerprint density at radius 1 is 1.05 bits per heavy atom. The molecule has 6 unspecified atom stereocenters. The largest absolute Gasteiger partial charge is 0.376 e. The van der Waals surface area contributed by atoms with Crippen LogP contribution in [0.3, 0.4) is 0 Å². The van der Waals surface area contributed by atoms with E-state index in [9.17, 15) is 0 Å². The summed E-state index contributed by atoms with van der Waals surface area (Å²) >= 11 is 1.94. The number of hydrogen-bond donors (Lipinski definition) is 3. The van der Waals surface area contributed by atoms with Crippen LogP contribution < -0.4 is 15.4 Å². The minimum atomic E-state index is -0.00512. The quantitative estimate of drug-likeness (QED) is 0.367. The topological polar surface area (TPSA) is 57.8 Å². The molecule has 0 aromatic heterocycles. The van der Waals surface area contributed by atoms with Crippen LogP contribution >= 0.6 is 11.9 Å². The molecule has 1 aliphatic carbocycles. The molecule has 6 nitrogen and oxygen atoms in total. The van der Waals surface area contributed by atoms with Gasteiger partial charge in [0, 0.05) is 36.8 Å². The molecule has 5 rings (SSSR count). The normalized spacial score (nSPS) is 35.9. The Hall–Kier alpha value is -0.670. The number of ether oxygens (including phenoxy) is 2. The van der Waals surface area contributed by atoms with Gasteiger partial charge < -0.3 is 9.47 Å². The summed E-state index contributed by atoms with van der Waals surface area (Å²) in [6.07, 6.45) is 8.76. The van der Waals surface area contributed by atoms with Gasteiger partial charge in [0.2, 0.25) is 0 Å². The van der Waals surface area contributed by atoms with Crippen molar-refractivity contribution in [1.29, 1.82) is 0 Å². The summed E-state index contributed by atoms with van der Waals surface area (Å²) in [5.74, 6) is 0.730. The van der Waals surface area contributed by atoms with E-state index in [2.05, 4.69) is 86.9 Å². The van der Waals surface area contributed by atoms with Crippen LogP contribution in [0.15, 0.2) is 18.2 Å². The van der Waals surface area contributed by atoms with Crippen LogP contribution in [0.4, 0.5) is 0 Å². The van der Waals surface area contributed by atoms with Gasteiger partial charge in [-0.25, -0.2) is 4.72 Å². The van der Waals surface area contributed by atoms with Crippen molar-refractivity contribution in [2.45, 2.75) is 129 Å². The zero-order valence-electron chi connectivity index (χ0n) is 26.2. The van der Waals surface area contributed by atoms with Crippen LogP contribution in [0.25, 0.3) is 0 Å². The van der Waals surface area contributed by atoms with Crippen LogP contribution in [0.2, 0.25) is 0 Å². The van der Waals surface area contributed by atoms with Gasteiger partial charge in [0.1, 0.15) is 12.5 Å². The van der Waals surface area contributed by atoms with Crippen molar-refractivity contribution in [3.05, 3.63) is 34.9 Å². The van der Waals surface area contributed by atoms with Crippen molar-refractivity contribution in [2.75, 3.05) is 26.3 Å². The van der Waals surface area contributed by atoms with E-state index in [4.69, 9.17) is 9.47 Å². The molecule has 40 heavy (non-hydrogen) atoms. The van der Waals surface area contributed by atoms with E-state index in [1.54, 1.807) is 0 Å². The molecule has 3 saturated heterocycles. The maximum Gasteiger partial charge on any atom is 0.123 e. The highest BCUT2D eigenvalue weighted by Gasteiger charge is 2.38. The average molecular weight is 573 g/mol. The SMILES string of the molecule is Cc1cccc(C)c1C1CC2NC(NSC3CCCC(C3)CN(CC3CC(C)(C)CO3)[C@H](CC(C)(C)C)CO2)N1. The van der Waals surface area contributed by atoms with E-state index in [1.165, 1.54) is 42.4 Å². The van der Waals surface area contributed by atoms with Gasteiger partial charge in [-0.1, -0.05) is 71.2 Å². The summed E-state index contributed by atoms with van der Waals surface area (Å²) in [5.41, 5.74) is 4.64. The molecule has 4 bridgehead atoms. The first-order valence-electron chi connectivity index (χ1n) is 15.9. The molecular weight excluding hydrogens is 516 g/mol. The lowest BCUT2D eigenvalue weighted by Crippen LogP contribution is -2.61. The lowest BCUT2D eigenvalue weighted by molar-refractivity contribution is -0.0568. The summed E-state index contributed by atoms with van der Waals surface area (Å²) in [6.45, 7) is 20.1. The lowest BCUT2D eigenvalue weighted by atomic mass is 9.85. The van der Waals surface area contributed by atoms with Crippen LogP contribution in [0.1, 0.15) is 102 Å². The molecule has 0 amide bonds. The predicted octanol–water partition coefficient (Wildman–Crippen LogP) is 6.29. The van der Waals surface area contributed by atoms with Gasteiger partial charge in [-0.05, 0) is 79.4 Å².